The molecule has 2 fully saturated rings. The van der Waals surface area contributed by atoms with Gasteiger partial charge >= 0.3 is 5.97 Å². The summed E-state index contributed by atoms with van der Waals surface area (Å²) in [5, 5.41) is 3.73. The highest BCUT2D eigenvalue weighted by atomic mass is 16.5. The molecule has 0 bridgehead atoms. The molecule has 1 aliphatic heterocycles. The summed E-state index contributed by atoms with van der Waals surface area (Å²) in [6, 6.07) is 1.39. The number of hydrogen-bond acceptors (Lipinski definition) is 4. The first-order valence-electron chi connectivity index (χ1n) is 7.26. The lowest BCUT2D eigenvalue weighted by molar-refractivity contribution is -0.141. The number of esters is 1. The fourth-order valence-corrected chi connectivity index (χ4v) is 2.90. The van der Waals surface area contributed by atoms with Gasteiger partial charge in [0.05, 0.1) is 7.11 Å². The number of likely N-dealkylation sites (N-methyl/N-ethyl adjacent to an activating group) is 1. The molecule has 1 N–H and O–H groups in total. The fraction of sp³-hybridized carbons (Fsp3) is 0.929. The second-order valence-corrected chi connectivity index (χ2v) is 5.71. The Labute approximate surface area is 110 Å². The summed E-state index contributed by atoms with van der Waals surface area (Å²) in [7, 11) is 1.47. The Morgan fingerprint density at radius 3 is 2.72 bits per heavy atom. The molecule has 1 heterocycles. The molecule has 4 nitrogen and oxygen atoms in total. The van der Waals surface area contributed by atoms with Gasteiger partial charge in [-0.25, -0.2) is 0 Å². The minimum Gasteiger partial charge on any atom is -0.469 e. The number of hydrogen-bond donors (Lipinski definition) is 1. The molecule has 2 aliphatic rings. The van der Waals surface area contributed by atoms with E-state index in [1.165, 1.54) is 32.9 Å². The van der Waals surface area contributed by atoms with Gasteiger partial charge in [-0.3, -0.25) is 4.79 Å². The molecule has 104 valence electrons. The highest BCUT2D eigenvalue weighted by molar-refractivity contribution is 5.69. The van der Waals surface area contributed by atoms with Gasteiger partial charge in [-0.2, -0.15) is 0 Å². The smallest absolute Gasteiger partial charge is 0.305 e. The molecule has 2 unspecified atom stereocenters. The number of methoxy groups -OCH3 is 1. The highest BCUT2D eigenvalue weighted by Gasteiger charge is 2.31. The van der Waals surface area contributed by atoms with Crippen molar-refractivity contribution in [1.29, 1.82) is 0 Å². The second kappa shape index (κ2) is 6.53. The molecular weight excluding hydrogens is 228 g/mol. The predicted molar refractivity (Wildman–Crippen MR) is 71.4 cm³/mol. The lowest BCUT2D eigenvalue weighted by atomic mass is 9.90. The monoisotopic (exact) mass is 254 g/mol. The van der Waals surface area contributed by atoms with Crippen LogP contribution in [0.2, 0.25) is 0 Å². The number of carbonyl (C=O) groups excluding carboxylic acids is 1. The standard InChI is InChI=1S/C14H26N2O2/c1-3-16-9-11(4-7-14(17)18-2)8-13(10-16)15-12-5-6-12/h11-13,15H,3-10H2,1-2H3. The molecule has 2 atom stereocenters. The molecule has 0 spiro atoms. The summed E-state index contributed by atoms with van der Waals surface area (Å²) < 4.78 is 4.73. The van der Waals surface area contributed by atoms with E-state index in [0.717, 1.165) is 25.6 Å². The van der Waals surface area contributed by atoms with E-state index in [1.54, 1.807) is 0 Å². The van der Waals surface area contributed by atoms with Crippen LogP contribution in [0.5, 0.6) is 0 Å². The number of rotatable bonds is 6. The number of nitrogens with one attached hydrogen (secondary N) is 1. The van der Waals surface area contributed by atoms with Gasteiger partial charge in [-0.05, 0) is 38.1 Å². The normalized spacial score (nSPS) is 29.2. The van der Waals surface area contributed by atoms with Crippen LogP contribution < -0.4 is 5.32 Å². The van der Waals surface area contributed by atoms with Crippen molar-refractivity contribution in [3.63, 3.8) is 0 Å². The van der Waals surface area contributed by atoms with Crippen LogP contribution in [0.25, 0.3) is 0 Å². The Balaban J connectivity index is 1.78. The quantitative estimate of drug-likeness (QED) is 0.728. The summed E-state index contributed by atoms with van der Waals surface area (Å²) in [5.74, 6) is 0.560. The Morgan fingerprint density at radius 2 is 2.11 bits per heavy atom. The zero-order valence-corrected chi connectivity index (χ0v) is 11.7. The molecule has 4 heteroatoms. The molecular formula is C14H26N2O2. The van der Waals surface area contributed by atoms with Crippen molar-refractivity contribution in [2.45, 2.75) is 51.1 Å². The molecule has 0 aromatic rings. The maximum Gasteiger partial charge on any atom is 0.305 e. The van der Waals surface area contributed by atoms with E-state index in [4.69, 9.17) is 4.74 Å². The molecule has 2 rings (SSSR count). The first-order valence-corrected chi connectivity index (χ1v) is 7.26. The average Bonchev–Trinajstić information content (AvgIpc) is 3.19. The largest absolute Gasteiger partial charge is 0.469 e. The highest BCUT2D eigenvalue weighted by Crippen LogP contribution is 2.25. The molecule has 1 aliphatic carbocycles. The zero-order valence-electron chi connectivity index (χ0n) is 11.7. The first-order chi connectivity index (χ1) is 8.71. The van der Waals surface area contributed by atoms with Crippen molar-refractivity contribution < 1.29 is 9.53 Å². The lowest BCUT2D eigenvalue weighted by Crippen LogP contribution is -2.49. The van der Waals surface area contributed by atoms with Gasteiger partial charge in [0.15, 0.2) is 0 Å². The Kier molecular flexibility index (Phi) is 5.01. The van der Waals surface area contributed by atoms with E-state index in [1.807, 2.05) is 0 Å². The van der Waals surface area contributed by atoms with E-state index >= 15 is 0 Å². The molecule has 0 amide bonds. The van der Waals surface area contributed by atoms with Crippen molar-refractivity contribution >= 4 is 5.97 Å². The van der Waals surface area contributed by atoms with Crippen LogP contribution in [0.1, 0.15) is 39.0 Å². The van der Waals surface area contributed by atoms with Crippen molar-refractivity contribution in [3.8, 4) is 0 Å². The van der Waals surface area contributed by atoms with Crippen LogP contribution in [0, 0.1) is 5.92 Å². The maximum atomic E-state index is 11.2. The molecule has 0 aromatic carbocycles. The number of piperidine rings is 1. The van der Waals surface area contributed by atoms with E-state index in [-0.39, 0.29) is 5.97 Å². The second-order valence-electron chi connectivity index (χ2n) is 5.71. The summed E-state index contributed by atoms with van der Waals surface area (Å²) >= 11 is 0. The third kappa shape index (κ3) is 4.25. The lowest BCUT2D eigenvalue weighted by Gasteiger charge is -2.37. The third-order valence-corrected chi connectivity index (χ3v) is 4.09. The number of ether oxygens (including phenoxy) is 1. The van der Waals surface area contributed by atoms with Gasteiger partial charge in [-0.1, -0.05) is 6.92 Å². The fourth-order valence-electron chi connectivity index (χ4n) is 2.90. The van der Waals surface area contributed by atoms with Gasteiger partial charge in [0, 0.05) is 31.6 Å². The van der Waals surface area contributed by atoms with Crippen LogP contribution in [-0.2, 0) is 9.53 Å². The van der Waals surface area contributed by atoms with Crippen LogP contribution in [0.4, 0.5) is 0 Å². The average molecular weight is 254 g/mol. The first kappa shape index (κ1) is 13.8. The SMILES string of the molecule is CCN1CC(CCC(=O)OC)CC(NC2CC2)C1. The minimum atomic E-state index is -0.0738. The number of nitrogens with zero attached hydrogens (tertiary/aromatic N) is 1. The maximum absolute atomic E-state index is 11.2. The molecule has 0 radical (unpaired) electrons. The number of carbonyl (C=O) groups is 1. The summed E-state index contributed by atoms with van der Waals surface area (Å²) in [4.78, 5) is 13.7. The Hall–Kier alpha value is -0.610. The van der Waals surface area contributed by atoms with Crippen molar-refractivity contribution in [2.75, 3.05) is 26.7 Å². The third-order valence-electron chi connectivity index (χ3n) is 4.09. The van der Waals surface area contributed by atoms with Crippen molar-refractivity contribution in [3.05, 3.63) is 0 Å². The van der Waals surface area contributed by atoms with Gasteiger partial charge in [0.25, 0.3) is 0 Å². The number of likely N-dealkylation sites (tertiary alicyclic amines) is 1. The molecule has 1 saturated heterocycles. The van der Waals surface area contributed by atoms with Crippen molar-refractivity contribution in [2.24, 2.45) is 5.92 Å². The summed E-state index contributed by atoms with van der Waals surface area (Å²) in [6.45, 7) is 5.63. The van der Waals surface area contributed by atoms with Gasteiger partial charge in [0.1, 0.15) is 0 Å². The van der Waals surface area contributed by atoms with Gasteiger partial charge in [-0.15, -0.1) is 0 Å². The van der Waals surface area contributed by atoms with Gasteiger partial charge < -0.3 is 15.0 Å². The van der Waals surface area contributed by atoms with E-state index in [0.29, 0.717) is 18.4 Å². The summed E-state index contributed by atoms with van der Waals surface area (Å²) in [6.07, 6.45) is 5.43. The topological polar surface area (TPSA) is 41.6 Å². The Bertz CT molecular complexity index is 279. The molecule has 0 aromatic heterocycles. The van der Waals surface area contributed by atoms with Crippen LogP contribution in [0.15, 0.2) is 0 Å². The van der Waals surface area contributed by atoms with E-state index < -0.39 is 0 Å². The van der Waals surface area contributed by atoms with Crippen molar-refractivity contribution in [1.82, 2.24) is 10.2 Å². The Morgan fingerprint density at radius 1 is 1.33 bits per heavy atom. The zero-order chi connectivity index (χ0) is 13.0. The van der Waals surface area contributed by atoms with Crippen LogP contribution in [-0.4, -0.2) is 49.7 Å². The molecule has 18 heavy (non-hydrogen) atoms. The van der Waals surface area contributed by atoms with Gasteiger partial charge in [0.2, 0.25) is 0 Å². The minimum absolute atomic E-state index is 0.0738. The van der Waals surface area contributed by atoms with Crippen LogP contribution in [0.3, 0.4) is 0 Å². The van der Waals surface area contributed by atoms with Crippen LogP contribution >= 0.6 is 0 Å². The van der Waals surface area contributed by atoms with E-state index in [2.05, 4.69) is 17.1 Å². The summed E-state index contributed by atoms with van der Waals surface area (Å²) in [5.41, 5.74) is 0. The molecule has 1 saturated carbocycles. The van der Waals surface area contributed by atoms with E-state index in [9.17, 15) is 4.79 Å². The predicted octanol–water partition coefficient (Wildman–Crippen LogP) is 1.40.